The third kappa shape index (κ3) is 11.8. The predicted molar refractivity (Wildman–Crippen MR) is 199 cm³/mol. The van der Waals surface area contributed by atoms with Gasteiger partial charge < -0.3 is 19.9 Å². The normalized spacial score (nSPS) is 13.5. The number of anilines is 1. The molecule has 1 aliphatic rings. The molecule has 0 spiro atoms. The molecule has 2 N–H and O–H groups in total. The highest BCUT2D eigenvalue weighted by Gasteiger charge is 2.35. The van der Waals surface area contributed by atoms with Gasteiger partial charge in [-0.2, -0.15) is 5.10 Å². The molecule has 0 saturated heterocycles. The minimum Gasteiger partial charge on any atom is -0.505 e. The number of ether oxygens (including phenoxy) is 2. The molecule has 2 heterocycles. The zero-order valence-electron chi connectivity index (χ0n) is 29.2. The van der Waals surface area contributed by atoms with E-state index < -0.39 is 0 Å². The average Bonchev–Trinajstić information content (AvgIpc) is 3.64. The molecule has 1 aliphatic heterocycles. The highest BCUT2D eigenvalue weighted by atomic mass is 35.5. The number of fused-ring (bicyclic) bond motifs is 1. The largest absolute Gasteiger partial charge is 0.505 e. The van der Waals surface area contributed by atoms with Crippen molar-refractivity contribution in [3.8, 4) is 17.1 Å². The Bertz CT molecular complexity index is 1560. The molecule has 0 radical (unpaired) electrons. The zero-order valence-corrected chi connectivity index (χ0v) is 30.7. The summed E-state index contributed by atoms with van der Waals surface area (Å²) in [5.74, 6) is 0.429. The molecule has 0 unspecified atom stereocenters. The van der Waals surface area contributed by atoms with Crippen LogP contribution in [-0.4, -0.2) is 57.3 Å². The number of nitrogens with one attached hydrogen (secondary N) is 1. The fourth-order valence-corrected chi connectivity index (χ4v) is 5.90. The van der Waals surface area contributed by atoms with Crippen molar-refractivity contribution in [1.82, 2.24) is 14.9 Å². The number of carbonyl (C=O) groups is 1. The highest BCUT2D eigenvalue weighted by molar-refractivity contribution is 6.50. The van der Waals surface area contributed by atoms with Crippen LogP contribution in [0, 0.1) is 5.41 Å². The summed E-state index contributed by atoms with van der Waals surface area (Å²) < 4.78 is 10.8. The molecule has 0 bridgehead atoms. The summed E-state index contributed by atoms with van der Waals surface area (Å²) in [6.07, 6.45) is 15.2. The third-order valence-electron chi connectivity index (χ3n) is 8.18. The Hall–Kier alpha value is -3.47. The number of rotatable bonds is 20. The van der Waals surface area contributed by atoms with E-state index in [9.17, 15) is 9.90 Å². The second-order valence-corrected chi connectivity index (χ2v) is 14.2. The second kappa shape index (κ2) is 19.1. The minimum atomic E-state index is -0.351. The summed E-state index contributed by atoms with van der Waals surface area (Å²) in [5, 5.41) is 22.6. The zero-order chi connectivity index (χ0) is 35.2. The van der Waals surface area contributed by atoms with Gasteiger partial charge in [0.05, 0.1) is 28.1 Å². The van der Waals surface area contributed by atoms with E-state index in [0.717, 1.165) is 24.1 Å². The van der Waals surface area contributed by atoms with Crippen molar-refractivity contribution in [3.63, 3.8) is 0 Å². The number of aliphatic imine (C=N–C) groups is 1. The van der Waals surface area contributed by atoms with Crippen molar-refractivity contribution < 1.29 is 19.4 Å². The Morgan fingerprint density at radius 3 is 2.10 bits per heavy atom. The van der Waals surface area contributed by atoms with E-state index >= 15 is 0 Å². The van der Waals surface area contributed by atoms with Gasteiger partial charge in [-0.15, -0.1) is 9.89 Å². The lowest BCUT2D eigenvalue weighted by Gasteiger charge is -2.18. The number of nitrogens with zero attached hydrogens (tertiary/aromatic N) is 5. The number of hydrogen-bond donors (Lipinski definition) is 2. The molecule has 3 aromatic rings. The maximum Gasteiger partial charge on any atom is 0.332 e. The lowest BCUT2D eigenvalue weighted by molar-refractivity contribution is -0.148. The molecule has 4 rings (SSSR count). The summed E-state index contributed by atoms with van der Waals surface area (Å²) >= 11 is 12.3. The SMILES string of the molecule is CCCCCCCCCCCCCCOC(=O)COCNc1ccc(-c2nc3n(n2)N=C(C(C)(C)C)C3=Nc2cc(Cl)c(O)c(Cl)c2)cc1. The number of halogens is 2. The van der Waals surface area contributed by atoms with Crippen LogP contribution in [0.4, 0.5) is 11.4 Å². The van der Waals surface area contributed by atoms with Gasteiger partial charge in [0.25, 0.3) is 0 Å². The van der Waals surface area contributed by atoms with Crippen molar-refractivity contribution in [2.24, 2.45) is 15.5 Å². The number of phenolic OH excluding ortho intramolecular Hbond substituents is 1. The van der Waals surface area contributed by atoms with E-state index in [1.54, 1.807) is 0 Å². The van der Waals surface area contributed by atoms with Crippen molar-refractivity contribution >= 4 is 52.0 Å². The predicted octanol–water partition coefficient (Wildman–Crippen LogP) is 9.97. The van der Waals surface area contributed by atoms with Crippen LogP contribution in [0.5, 0.6) is 5.75 Å². The van der Waals surface area contributed by atoms with Crippen molar-refractivity contribution in [1.29, 1.82) is 0 Å². The highest BCUT2D eigenvalue weighted by Crippen LogP contribution is 2.37. The molecular formula is C37H50Cl2N6O4. The van der Waals surface area contributed by atoms with E-state index in [-0.39, 0.29) is 40.5 Å². The molecule has 266 valence electrons. The Morgan fingerprint density at radius 2 is 1.51 bits per heavy atom. The quantitative estimate of drug-likeness (QED) is 0.0679. The Labute approximate surface area is 300 Å². The first-order valence-corrected chi connectivity index (χ1v) is 18.2. The molecule has 12 heteroatoms. The Kier molecular flexibility index (Phi) is 14.9. The van der Waals surface area contributed by atoms with Gasteiger partial charge in [0.1, 0.15) is 19.0 Å². The number of phenols is 1. The fraction of sp³-hybridized carbons (Fsp3) is 0.541. The maximum atomic E-state index is 12.0. The van der Waals surface area contributed by atoms with E-state index in [4.69, 9.17) is 47.8 Å². The molecule has 2 aromatic carbocycles. The number of aromatic hydroxyl groups is 1. The monoisotopic (exact) mass is 712 g/mol. The molecular weight excluding hydrogens is 663 g/mol. The van der Waals surface area contributed by atoms with Gasteiger partial charge in [-0.1, -0.05) is 122 Å². The first-order valence-electron chi connectivity index (χ1n) is 17.5. The van der Waals surface area contributed by atoms with E-state index in [0.29, 0.717) is 35.4 Å². The summed E-state index contributed by atoms with van der Waals surface area (Å²) in [7, 11) is 0. The number of aromatic nitrogens is 3. The van der Waals surface area contributed by atoms with Crippen molar-refractivity contribution in [2.75, 3.05) is 25.3 Å². The van der Waals surface area contributed by atoms with Gasteiger partial charge >= 0.3 is 5.97 Å². The van der Waals surface area contributed by atoms with Crippen LogP contribution >= 0.6 is 23.2 Å². The summed E-state index contributed by atoms with van der Waals surface area (Å²) in [5.41, 5.74) is 2.98. The van der Waals surface area contributed by atoms with Crippen LogP contribution < -0.4 is 5.32 Å². The first kappa shape index (κ1) is 38.3. The topological polar surface area (TPSA) is 123 Å². The van der Waals surface area contributed by atoms with Crippen LogP contribution in [0.2, 0.25) is 10.0 Å². The van der Waals surface area contributed by atoms with E-state index in [2.05, 4.69) is 17.3 Å². The molecule has 49 heavy (non-hydrogen) atoms. The van der Waals surface area contributed by atoms with Crippen LogP contribution in [0.15, 0.2) is 46.5 Å². The Balaban J connectivity index is 1.18. The first-order chi connectivity index (χ1) is 23.6. The van der Waals surface area contributed by atoms with Crippen LogP contribution in [-0.2, 0) is 14.3 Å². The van der Waals surface area contributed by atoms with Gasteiger partial charge in [-0.25, -0.2) is 14.8 Å². The fourth-order valence-electron chi connectivity index (χ4n) is 5.42. The lowest BCUT2D eigenvalue weighted by atomic mass is 9.87. The second-order valence-electron chi connectivity index (χ2n) is 13.4. The molecule has 0 aliphatic carbocycles. The summed E-state index contributed by atoms with van der Waals surface area (Å²) in [4.78, 5) is 23.0. The summed E-state index contributed by atoms with van der Waals surface area (Å²) in [6.45, 7) is 8.86. The van der Waals surface area contributed by atoms with Gasteiger partial charge in [0.2, 0.25) is 5.82 Å². The number of benzene rings is 2. The maximum absolute atomic E-state index is 12.0. The van der Waals surface area contributed by atoms with E-state index in [1.807, 2.05) is 45.0 Å². The molecule has 1 aromatic heterocycles. The van der Waals surface area contributed by atoms with Crippen LogP contribution in [0.1, 0.15) is 111 Å². The third-order valence-corrected chi connectivity index (χ3v) is 8.75. The standard InChI is InChI=1S/C37H50Cl2N6O4/c1-5-6-7-8-9-10-11-12-13-14-15-16-21-49-31(46)24-48-25-40-27-19-17-26(18-20-27)35-42-36-32(34(37(2,3)4)43-45(36)44-35)41-28-22-29(38)33(47)30(39)23-28/h17-20,22-23,40,47H,5-16,21,24-25H2,1-4H3. The smallest absolute Gasteiger partial charge is 0.332 e. The molecule has 0 amide bonds. The summed E-state index contributed by atoms with van der Waals surface area (Å²) in [6, 6.07) is 10.6. The number of carbonyl (C=O) groups excluding carboxylic acids is 1. The van der Waals surface area contributed by atoms with Gasteiger partial charge in [0, 0.05) is 16.7 Å². The van der Waals surface area contributed by atoms with Gasteiger partial charge in [-0.3, -0.25) is 0 Å². The Morgan fingerprint density at radius 1 is 0.918 bits per heavy atom. The molecule has 0 atom stereocenters. The van der Waals surface area contributed by atoms with Crippen LogP contribution in [0.3, 0.4) is 0 Å². The average molecular weight is 714 g/mol. The minimum absolute atomic E-state index is 0.100. The molecule has 0 saturated carbocycles. The molecule has 10 nitrogen and oxygen atoms in total. The number of unbranched alkanes of at least 4 members (excludes halogenated alkanes) is 11. The number of hydrogen-bond acceptors (Lipinski definition) is 9. The van der Waals surface area contributed by atoms with Crippen LogP contribution in [0.25, 0.3) is 11.4 Å². The van der Waals surface area contributed by atoms with Gasteiger partial charge in [-0.05, 0) is 42.8 Å². The van der Waals surface area contributed by atoms with Crippen molar-refractivity contribution in [2.45, 2.75) is 105 Å². The lowest BCUT2D eigenvalue weighted by Crippen LogP contribution is -2.27. The number of esters is 1. The van der Waals surface area contributed by atoms with Gasteiger partial charge in [0.15, 0.2) is 11.6 Å². The van der Waals surface area contributed by atoms with Crippen molar-refractivity contribution in [3.05, 3.63) is 52.3 Å². The van der Waals surface area contributed by atoms with E-state index in [1.165, 1.54) is 81.1 Å². The molecule has 0 fully saturated rings.